The van der Waals surface area contributed by atoms with Gasteiger partial charge in [-0.15, -0.1) is 0 Å². The Kier molecular flexibility index (Phi) is 3.01. The van der Waals surface area contributed by atoms with E-state index in [1.165, 1.54) is 25.7 Å². The summed E-state index contributed by atoms with van der Waals surface area (Å²) in [5, 5.41) is 9.94. The smallest absolute Gasteiger partial charge is 0.0962 e. The molecule has 0 atom stereocenters. The zero-order valence-corrected chi connectivity index (χ0v) is 5.64. The third-order valence-electron chi connectivity index (χ3n) is 1.94. The van der Waals surface area contributed by atoms with Crippen molar-refractivity contribution in [3.8, 4) is 0 Å². The fourth-order valence-corrected chi connectivity index (χ4v) is 1.34. The summed E-state index contributed by atoms with van der Waals surface area (Å²) < 4.78 is 0. The fourth-order valence-electron chi connectivity index (χ4n) is 1.34. The van der Waals surface area contributed by atoms with Gasteiger partial charge in [-0.25, -0.2) is 4.89 Å². The lowest BCUT2D eigenvalue weighted by Crippen LogP contribution is -2.07. The SMILES string of the molecule is [O]OC1CCCCCC1. The summed E-state index contributed by atoms with van der Waals surface area (Å²) >= 11 is 0. The third kappa shape index (κ3) is 2.33. The van der Waals surface area contributed by atoms with Gasteiger partial charge in [0.25, 0.3) is 0 Å². The Hall–Kier alpha value is -0.0800. The first-order chi connectivity index (χ1) is 4.43. The van der Waals surface area contributed by atoms with Crippen molar-refractivity contribution in [2.75, 3.05) is 0 Å². The number of rotatable bonds is 1. The van der Waals surface area contributed by atoms with Gasteiger partial charge in [-0.2, -0.15) is 0 Å². The normalized spacial score (nSPS) is 23.7. The lowest BCUT2D eigenvalue weighted by Gasteiger charge is -2.05. The van der Waals surface area contributed by atoms with Gasteiger partial charge in [0.15, 0.2) is 0 Å². The van der Waals surface area contributed by atoms with Gasteiger partial charge in [-0.3, -0.25) is 0 Å². The average Bonchev–Trinajstić information content (AvgIpc) is 2.13. The molecule has 0 spiro atoms. The van der Waals surface area contributed by atoms with E-state index in [0.29, 0.717) is 0 Å². The van der Waals surface area contributed by atoms with Gasteiger partial charge < -0.3 is 0 Å². The van der Waals surface area contributed by atoms with Crippen molar-refractivity contribution in [3.63, 3.8) is 0 Å². The zero-order valence-electron chi connectivity index (χ0n) is 5.64. The van der Waals surface area contributed by atoms with Gasteiger partial charge in [-0.1, -0.05) is 25.7 Å². The molecule has 9 heavy (non-hydrogen) atoms. The van der Waals surface area contributed by atoms with Gasteiger partial charge >= 0.3 is 0 Å². The summed E-state index contributed by atoms with van der Waals surface area (Å²) in [7, 11) is 0. The second-order valence-electron chi connectivity index (χ2n) is 2.71. The summed E-state index contributed by atoms with van der Waals surface area (Å²) in [5.74, 6) is 0. The highest BCUT2D eigenvalue weighted by Crippen LogP contribution is 2.18. The second kappa shape index (κ2) is 3.85. The van der Waals surface area contributed by atoms with Crippen molar-refractivity contribution in [3.05, 3.63) is 0 Å². The van der Waals surface area contributed by atoms with E-state index >= 15 is 0 Å². The molecule has 1 radical (unpaired) electrons. The van der Waals surface area contributed by atoms with E-state index in [2.05, 4.69) is 4.89 Å². The van der Waals surface area contributed by atoms with Crippen LogP contribution < -0.4 is 0 Å². The molecular weight excluding hydrogens is 116 g/mol. The maximum absolute atomic E-state index is 9.94. The van der Waals surface area contributed by atoms with Crippen LogP contribution in [0.2, 0.25) is 0 Å². The van der Waals surface area contributed by atoms with E-state index in [0.717, 1.165) is 12.8 Å². The van der Waals surface area contributed by atoms with Gasteiger partial charge in [0.05, 0.1) is 6.10 Å². The van der Waals surface area contributed by atoms with Crippen molar-refractivity contribution < 1.29 is 10.1 Å². The zero-order chi connectivity index (χ0) is 6.53. The molecule has 2 heteroatoms. The second-order valence-corrected chi connectivity index (χ2v) is 2.71. The van der Waals surface area contributed by atoms with Crippen LogP contribution in [-0.4, -0.2) is 6.10 Å². The van der Waals surface area contributed by atoms with E-state index < -0.39 is 0 Å². The van der Waals surface area contributed by atoms with Crippen LogP contribution in [0.5, 0.6) is 0 Å². The van der Waals surface area contributed by atoms with E-state index in [-0.39, 0.29) is 6.10 Å². The molecule has 53 valence electrons. The van der Waals surface area contributed by atoms with Crippen molar-refractivity contribution in [2.45, 2.75) is 44.6 Å². The first kappa shape index (κ1) is 7.03. The molecule has 1 rings (SSSR count). The fraction of sp³-hybridized carbons (Fsp3) is 1.00. The van der Waals surface area contributed by atoms with E-state index in [9.17, 15) is 5.26 Å². The van der Waals surface area contributed by atoms with Crippen molar-refractivity contribution in [1.82, 2.24) is 0 Å². The first-order valence-electron chi connectivity index (χ1n) is 3.72. The topological polar surface area (TPSA) is 29.1 Å². The molecule has 0 amide bonds. The van der Waals surface area contributed by atoms with Gasteiger partial charge in [0, 0.05) is 0 Å². The van der Waals surface area contributed by atoms with Crippen LogP contribution in [0.3, 0.4) is 0 Å². The molecule has 0 aliphatic heterocycles. The van der Waals surface area contributed by atoms with E-state index in [4.69, 9.17) is 0 Å². The largest absolute Gasteiger partial charge is 0.200 e. The van der Waals surface area contributed by atoms with Crippen LogP contribution >= 0.6 is 0 Å². The first-order valence-corrected chi connectivity index (χ1v) is 3.72. The predicted octanol–water partition coefficient (Wildman–Crippen LogP) is 2.07. The van der Waals surface area contributed by atoms with E-state index in [1.807, 2.05) is 0 Å². The number of hydrogen-bond acceptors (Lipinski definition) is 1. The van der Waals surface area contributed by atoms with Crippen molar-refractivity contribution >= 4 is 0 Å². The van der Waals surface area contributed by atoms with Gasteiger partial charge in [0.2, 0.25) is 0 Å². The Labute approximate surface area is 55.8 Å². The molecule has 1 aliphatic rings. The van der Waals surface area contributed by atoms with Gasteiger partial charge in [0.1, 0.15) is 0 Å². The molecular formula is C7H13O2. The minimum absolute atomic E-state index is 0.0208. The minimum Gasteiger partial charge on any atom is -0.200 e. The summed E-state index contributed by atoms with van der Waals surface area (Å²) in [5.41, 5.74) is 0. The van der Waals surface area contributed by atoms with Crippen molar-refractivity contribution in [1.29, 1.82) is 0 Å². The lowest BCUT2D eigenvalue weighted by atomic mass is 10.2. The summed E-state index contributed by atoms with van der Waals surface area (Å²) in [6.07, 6.45) is 6.87. The van der Waals surface area contributed by atoms with Crippen LogP contribution in [0.25, 0.3) is 0 Å². The molecule has 0 unspecified atom stereocenters. The minimum atomic E-state index is 0.0208. The monoisotopic (exact) mass is 129 g/mol. The quantitative estimate of drug-likeness (QED) is 0.303. The number of hydrogen-bond donors (Lipinski definition) is 0. The lowest BCUT2D eigenvalue weighted by molar-refractivity contribution is -0.336. The maximum Gasteiger partial charge on any atom is 0.0962 e. The highest BCUT2D eigenvalue weighted by Gasteiger charge is 2.11. The molecule has 0 heterocycles. The van der Waals surface area contributed by atoms with Crippen LogP contribution in [0.15, 0.2) is 0 Å². The Morgan fingerprint density at radius 1 is 1.00 bits per heavy atom. The summed E-state index contributed by atoms with van der Waals surface area (Å²) in [4.78, 5) is 4.02. The molecule has 0 bridgehead atoms. The molecule has 0 N–H and O–H groups in total. The Bertz CT molecular complexity index is 65.3. The standard InChI is InChI=1S/C7H13O2/c8-9-7-5-3-1-2-4-6-7/h7H,1-6H2. The highest BCUT2D eigenvalue weighted by molar-refractivity contribution is 4.61. The average molecular weight is 129 g/mol. The third-order valence-corrected chi connectivity index (χ3v) is 1.94. The Morgan fingerprint density at radius 2 is 1.56 bits per heavy atom. The molecule has 0 aromatic heterocycles. The predicted molar refractivity (Wildman–Crippen MR) is 33.3 cm³/mol. The van der Waals surface area contributed by atoms with E-state index in [1.54, 1.807) is 0 Å². The Balaban J connectivity index is 2.18. The molecule has 0 saturated heterocycles. The molecule has 1 aliphatic carbocycles. The Morgan fingerprint density at radius 3 is 2.00 bits per heavy atom. The maximum atomic E-state index is 9.94. The molecule has 1 saturated carbocycles. The van der Waals surface area contributed by atoms with Gasteiger partial charge in [-0.05, 0) is 18.1 Å². The van der Waals surface area contributed by atoms with Crippen LogP contribution in [0.1, 0.15) is 38.5 Å². The summed E-state index contributed by atoms with van der Waals surface area (Å²) in [6, 6.07) is 0. The molecule has 0 aromatic carbocycles. The van der Waals surface area contributed by atoms with Crippen molar-refractivity contribution in [2.24, 2.45) is 0 Å². The highest BCUT2D eigenvalue weighted by atomic mass is 17.1. The molecule has 1 fully saturated rings. The van der Waals surface area contributed by atoms with Crippen LogP contribution in [-0.2, 0) is 10.1 Å². The molecule has 0 aromatic rings. The van der Waals surface area contributed by atoms with Crippen LogP contribution in [0, 0.1) is 0 Å². The summed E-state index contributed by atoms with van der Waals surface area (Å²) in [6.45, 7) is 0. The van der Waals surface area contributed by atoms with Crippen LogP contribution in [0.4, 0.5) is 0 Å². The molecule has 2 nitrogen and oxygen atoms in total.